The van der Waals surface area contributed by atoms with E-state index in [1.54, 1.807) is 4.90 Å². The fourth-order valence-electron chi connectivity index (χ4n) is 1.30. The third-order valence-corrected chi connectivity index (χ3v) is 2.54. The summed E-state index contributed by atoms with van der Waals surface area (Å²) in [7, 11) is 0. The Bertz CT molecular complexity index is 273. The van der Waals surface area contributed by atoms with E-state index in [-0.39, 0.29) is 11.5 Å². The third kappa shape index (κ3) is 9.08. The predicted molar refractivity (Wildman–Crippen MR) is 76.7 cm³/mol. The van der Waals surface area contributed by atoms with Gasteiger partial charge in [0.15, 0.2) is 0 Å². The molecule has 0 heterocycles. The number of amides is 1. The summed E-state index contributed by atoms with van der Waals surface area (Å²) in [6, 6.07) is 0. The first-order valence-corrected chi connectivity index (χ1v) is 6.81. The lowest BCUT2D eigenvalue weighted by atomic mass is 9.92. The molecular formula is C15H29NO2. The maximum Gasteiger partial charge on any atom is 0.410 e. The van der Waals surface area contributed by atoms with Gasteiger partial charge in [0.05, 0.1) is 6.61 Å². The van der Waals surface area contributed by atoms with Crippen molar-refractivity contribution in [2.45, 2.75) is 54.4 Å². The van der Waals surface area contributed by atoms with E-state index in [2.05, 4.69) is 26.8 Å². The minimum absolute atomic E-state index is 0.196. The third-order valence-electron chi connectivity index (χ3n) is 2.54. The molecule has 0 aromatic carbocycles. The van der Waals surface area contributed by atoms with Crippen LogP contribution in [0.2, 0.25) is 0 Å². The van der Waals surface area contributed by atoms with Crippen molar-refractivity contribution >= 4 is 6.09 Å². The number of allylic oxidation sites excluding steroid dienone is 1. The molecule has 0 aromatic rings. The van der Waals surface area contributed by atoms with Gasteiger partial charge in [-0.2, -0.15) is 0 Å². The Kier molecular flexibility index (Phi) is 7.72. The average Bonchev–Trinajstić information content (AvgIpc) is 2.24. The summed E-state index contributed by atoms with van der Waals surface area (Å²) in [6.07, 6.45) is 3.71. The highest BCUT2D eigenvalue weighted by atomic mass is 16.6. The zero-order valence-corrected chi connectivity index (χ0v) is 12.9. The molecule has 3 nitrogen and oxygen atoms in total. The van der Waals surface area contributed by atoms with Gasteiger partial charge >= 0.3 is 6.09 Å². The predicted octanol–water partition coefficient (Wildman–Crippen LogP) is 4.24. The Morgan fingerprint density at radius 1 is 1.28 bits per heavy atom. The van der Waals surface area contributed by atoms with Gasteiger partial charge in [0.2, 0.25) is 0 Å². The first-order valence-electron chi connectivity index (χ1n) is 6.81. The van der Waals surface area contributed by atoms with Crippen molar-refractivity contribution in [2.24, 2.45) is 5.41 Å². The molecule has 106 valence electrons. The van der Waals surface area contributed by atoms with Crippen LogP contribution in [0.1, 0.15) is 54.4 Å². The van der Waals surface area contributed by atoms with Gasteiger partial charge in [-0.25, -0.2) is 4.79 Å². The molecule has 0 aliphatic heterocycles. The van der Waals surface area contributed by atoms with Crippen LogP contribution < -0.4 is 0 Å². The van der Waals surface area contributed by atoms with E-state index >= 15 is 0 Å². The van der Waals surface area contributed by atoms with Gasteiger partial charge in [0.25, 0.3) is 0 Å². The van der Waals surface area contributed by atoms with Gasteiger partial charge in [-0.1, -0.05) is 39.3 Å². The van der Waals surface area contributed by atoms with Crippen molar-refractivity contribution in [1.29, 1.82) is 0 Å². The number of carbonyl (C=O) groups is 1. The Balaban J connectivity index is 4.41. The molecule has 0 spiro atoms. The van der Waals surface area contributed by atoms with Gasteiger partial charge in [0, 0.05) is 13.1 Å². The summed E-state index contributed by atoms with van der Waals surface area (Å²) in [4.78, 5) is 13.7. The molecule has 0 unspecified atom stereocenters. The van der Waals surface area contributed by atoms with Crippen molar-refractivity contribution in [3.05, 3.63) is 11.6 Å². The van der Waals surface area contributed by atoms with Crippen LogP contribution in [-0.4, -0.2) is 30.7 Å². The molecule has 0 radical (unpaired) electrons. The zero-order valence-electron chi connectivity index (χ0n) is 12.9. The highest BCUT2D eigenvalue weighted by Crippen LogP contribution is 2.19. The van der Waals surface area contributed by atoms with Gasteiger partial charge in [-0.15, -0.1) is 0 Å². The van der Waals surface area contributed by atoms with E-state index in [9.17, 15) is 4.79 Å². The largest absolute Gasteiger partial charge is 0.449 e. The lowest BCUT2D eigenvalue weighted by Crippen LogP contribution is -2.34. The number of hydrogen-bond acceptors (Lipinski definition) is 2. The summed E-state index contributed by atoms with van der Waals surface area (Å²) in [6.45, 7) is 14.5. The summed E-state index contributed by atoms with van der Waals surface area (Å²) < 4.78 is 5.21. The van der Waals surface area contributed by atoms with Gasteiger partial charge in [-0.3, -0.25) is 0 Å². The summed E-state index contributed by atoms with van der Waals surface area (Å²) in [5.74, 6) is 0. The molecule has 0 aliphatic rings. The average molecular weight is 255 g/mol. The molecule has 1 amide bonds. The zero-order chi connectivity index (χ0) is 14.2. The van der Waals surface area contributed by atoms with Crippen molar-refractivity contribution in [3.63, 3.8) is 0 Å². The second-order valence-electron chi connectivity index (χ2n) is 6.15. The van der Waals surface area contributed by atoms with Crippen molar-refractivity contribution in [1.82, 2.24) is 4.90 Å². The summed E-state index contributed by atoms with van der Waals surface area (Å²) in [5.41, 5.74) is 1.45. The number of rotatable bonds is 6. The Labute approximate surface area is 112 Å². The first kappa shape index (κ1) is 17.0. The quantitative estimate of drug-likeness (QED) is 0.664. The highest BCUT2D eigenvalue weighted by Gasteiger charge is 2.17. The van der Waals surface area contributed by atoms with Gasteiger partial charge < -0.3 is 9.64 Å². The standard InChI is InChI=1S/C15H29NO2/c1-7-12-18-14(17)16(10-8-13(2)3)11-9-15(4,5)6/h8H,7,9-12H2,1-6H3. The lowest BCUT2D eigenvalue weighted by Gasteiger charge is -2.25. The Hall–Kier alpha value is -0.990. The minimum Gasteiger partial charge on any atom is -0.449 e. The van der Waals surface area contributed by atoms with E-state index < -0.39 is 0 Å². The normalized spacial score (nSPS) is 11.0. The molecule has 0 aliphatic carbocycles. The van der Waals surface area contributed by atoms with Crippen molar-refractivity contribution < 1.29 is 9.53 Å². The minimum atomic E-state index is -0.196. The second kappa shape index (κ2) is 8.17. The molecule has 0 rings (SSSR count). The summed E-state index contributed by atoms with van der Waals surface area (Å²) in [5, 5.41) is 0. The molecule has 0 saturated carbocycles. The van der Waals surface area contributed by atoms with E-state index in [0.717, 1.165) is 19.4 Å². The molecule has 0 N–H and O–H groups in total. The van der Waals surface area contributed by atoms with Crippen LogP contribution in [-0.2, 0) is 4.74 Å². The van der Waals surface area contributed by atoms with Crippen LogP contribution in [0.4, 0.5) is 4.79 Å². The lowest BCUT2D eigenvalue weighted by molar-refractivity contribution is 0.102. The van der Waals surface area contributed by atoms with E-state index in [4.69, 9.17) is 4.74 Å². The van der Waals surface area contributed by atoms with E-state index in [0.29, 0.717) is 13.2 Å². The molecule has 0 saturated heterocycles. The smallest absolute Gasteiger partial charge is 0.410 e. The SMILES string of the molecule is CCCOC(=O)N(CC=C(C)C)CCC(C)(C)C. The second-order valence-corrected chi connectivity index (χ2v) is 6.15. The van der Waals surface area contributed by atoms with Crippen LogP contribution in [0.3, 0.4) is 0 Å². The van der Waals surface area contributed by atoms with Crippen molar-refractivity contribution in [2.75, 3.05) is 19.7 Å². The fraction of sp³-hybridized carbons (Fsp3) is 0.800. The Morgan fingerprint density at radius 2 is 1.89 bits per heavy atom. The molecule has 0 aromatic heterocycles. The van der Waals surface area contributed by atoms with Crippen LogP contribution in [0.15, 0.2) is 11.6 Å². The molecule has 0 bridgehead atoms. The molecule has 0 fully saturated rings. The van der Waals surface area contributed by atoms with E-state index in [1.165, 1.54) is 5.57 Å². The molecule has 0 atom stereocenters. The Morgan fingerprint density at radius 3 is 2.33 bits per heavy atom. The van der Waals surface area contributed by atoms with Crippen molar-refractivity contribution in [3.8, 4) is 0 Å². The van der Waals surface area contributed by atoms with E-state index in [1.807, 2.05) is 20.8 Å². The topological polar surface area (TPSA) is 29.5 Å². The maximum atomic E-state index is 11.9. The first-order chi connectivity index (χ1) is 8.26. The summed E-state index contributed by atoms with van der Waals surface area (Å²) >= 11 is 0. The number of carbonyl (C=O) groups excluding carboxylic acids is 1. The number of nitrogens with zero attached hydrogens (tertiary/aromatic N) is 1. The highest BCUT2D eigenvalue weighted by molar-refractivity contribution is 5.67. The van der Waals surface area contributed by atoms with Gasteiger partial charge in [0.1, 0.15) is 0 Å². The molecule has 3 heteroatoms. The molecular weight excluding hydrogens is 226 g/mol. The van der Waals surface area contributed by atoms with Crippen LogP contribution in [0.5, 0.6) is 0 Å². The van der Waals surface area contributed by atoms with Crippen LogP contribution >= 0.6 is 0 Å². The maximum absolute atomic E-state index is 11.9. The molecule has 18 heavy (non-hydrogen) atoms. The monoisotopic (exact) mass is 255 g/mol. The number of hydrogen-bond donors (Lipinski definition) is 0. The number of ether oxygens (including phenoxy) is 1. The van der Waals surface area contributed by atoms with Crippen LogP contribution in [0.25, 0.3) is 0 Å². The van der Waals surface area contributed by atoms with Gasteiger partial charge in [-0.05, 0) is 32.1 Å². The van der Waals surface area contributed by atoms with Crippen LogP contribution in [0, 0.1) is 5.41 Å². The fourth-order valence-corrected chi connectivity index (χ4v) is 1.30.